The second kappa shape index (κ2) is 4.87. The van der Waals surface area contributed by atoms with E-state index in [0.29, 0.717) is 6.54 Å². The molecule has 0 radical (unpaired) electrons. The lowest BCUT2D eigenvalue weighted by atomic mass is 10.1. The van der Waals surface area contributed by atoms with E-state index in [0.717, 1.165) is 17.9 Å². The molecule has 0 saturated carbocycles. The molecule has 1 aliphatic carbocycles. The number of ether oxygens (including phenoxy) is 2. The molecule has 1 aliphatic rings. The largest absolute Gasteiger partial charge is 0.493 e. The third kappa shape index (κ3) is 1.96. The Bertz CT molecular complexity index is 643. The quantitative estimate of drug-likeness (QED) is 0.794. The molecule has 0 aliphatic heterocycles. The van der Waals surface area contributed by atoms with Gasteiger partial charge in [0.15, 0.2) is 11.5 Å². The normalized spacial score (nSPS) is 13.8. The first-order valence-corrected chi connectivity index (χ1v) is 6.75. The van der Waals surface area contributed by atoms with Gasteiger partial charge in [0.2, 0.25) is 0 Å². The van der Waals surface area contributed by atoms with E-state index >= 15 is 0 Å². The molecule has 0 amide bonds. The Morgan fingerprint density at radius 1 is 1.20 bits per heavy atom. The van der Waals surface area contributed by atoms with Crippen molar-refractivity contribution < 1.29 is 14.6 Å². The van der Waals surface area contributed by atoms with Gasteiger partial charge in [-0.2, -0.15) is 0 Å². The van der Waals surface area contributed by atoms with Gasteiger partial charge < -0.3 is 19.1 Å². The Labute approximate surface area is 118 Å². The molecule has 1 aromatic heterocycles. The fourth-order valence-electron chi connectivity index (χ4n) is 2.92. The Kier molecular flexibility index (Phi) is 3.18. The van der Waals surface area contributed by atoms with E-state index in [-0.39, 0.29) is 6.10 Å². The number of nitrogens with zero attached hydrogens (tertiary/aromatic N) is 1. The molecule has 0 spiro atoms. The fourth-order valence-corrected chi connectivity index (χ4v) is 2.92. The van der Waals surface area contributed by atoms with Gasteiger partial charge in [-0.3, -0.25) is 0 Å². The van der Waals surface area contributed by atoms with Crippen molar-refractivity contribution >= 4 is 0 Å². The number of fused-ring (bicyclic) bond motifs is 3. The van der Waals surface area contributed by atoms with Crippen molar-refractivity contribution in [1.29, 1.82) is 0 Å². The number of rotatable bonds is 4. The molecule has 1 aromatic carbocycles. The van der Waals surface area contributed by atoms with Gasteiger partial charge in [0.1, 0.15) is 0 Å². The minimum Gasteiger partial charge on any atom is -0.493 e. The molecule has 20 heavy (non-hydrogen) atoms. The second-order valence-corrected chi connectivity index (χ2v) is 5.23. The van der Waals surface area contributed by atoms with Gasteiger partial charge in [-0.25, -0.2) is 0 Å². The van der Waals surface area contributed by atoms with Gasteiger partial charge in [0.05, 0.1) is 26.0 Å². The zero-order valence-corrected chi connectivity index (χ0v) is 12.0. The zero-order chi connectivity index (χ0) is 14.3. The van der Waals surface area contributed by atoms with Crippen LogP contribution >= 0.6 is 0 Å². The Balaban J connectivity index is 2.11. The molecule has 1 heterocycles. The van der Waals surface area contributed by atoms with Crippen LogP contribution in [0.3, 0.4) is 0 Å². The maximum atomic E-state index is 9.62. The number of hydrogen-bond donors (Lipinski definition) is 1. The highest BCUT2D eigenvalue weighted by Gasteiger charge is 2.25. The average Bonchev–Trinajstić information content (AvgIpc) is 2.96. The average molecular weight is 273 g/mol. The highest BCUT2D eigenvalue weighted by molar-refractivity contribution is 5.77. The number of aliphatic hydroxyl groups excluding tert-OH is 1. The monoisotopic (exact) mass is 273 g/mol. The van der Waals surface area contributed by atoms with E-state index in [1.807, 2.05) is 18.3 Å². The van der Waals surface area contributed by atoms with Gasteiger partial charge in [-0.1, -0.05) is 0 Å². The number of benzene rings is 1. The smallest absolute Gasteiger partial charge is 0.161 e. The van der Waals surface area contributed by atoms with Crippen LogP contribution in [0.15, 0.2) is 24.4 Å². The number of aromatic nitrogens is 1. The fraction of sp³-hybridized carbons (Fsp3) is 0.375. The van der Waals surface area contributed by atoms with E-state index < -0.39 is 0 Å². The summed E-state index contributed by atoms with van der Waals surface area (Å²) in [6.07, 6.45) is 2.57. The van der Waals surface area contributed by atoms with Crippen molar-refractivity contribution in [3.63, 3.8) is 0 Å². The molecule has 1 N–H and O–H groups in total. The minimum absolute atomic E-state index is 0.365. The van der Waals surface area contributed by atoms with Gasteiger partial charge in [-0.15, -0.1) is 0 Å². The summed E-state index contributed by atoms with van der Waals surface area (Å²) in [5.41, 5.74) is 4.88. The van der Waals surface area contributed by atoms with Crippen LogP contribution in [0.5, 0.6) is 11.5 Å². The number of hydrogen-bond acceptors (Lipinski definition) is 3. The predicted octanol–water partition coefficient (Wildman–Crippen LogP) is 2.46. The third-order valence-corrected chi connectivity index (χ3v) is 3.75. The summed E-state index contributed by atoms with van der Waals surface area (Å²) in [6, 6.07) is 6.19. The Morgan fingerprint density at radius 2 is 1.90 bits per heavy atom. The minimum atomic E-state index is -0.365. The maximum absolute atomic E-state index is 9.62. The van der Waals surface area contributed by atoms with Crippen molar-refractivity contribution in [2.24, 2.45) is 0 Å². The number of aliphatic hydroxyl groups is 1. The predicted molar refractivity (Wildman–Crippen MR) is 77.5 cm³/mol. The van der Waals surface area contributed by atoms with Gasteiger partial charge in [0, 0.05) is 24.7 Å². The van der Waals surface area contributed by atoms with E-state index in [2.05, 4.69) is 10.6 Å². The van der Waals surface area contributed by atoms with Crippen LogP contribution in [-0.4, -0.2) is 30.0 Å². The molecule has 4 nitrogen and oxygen atoms in total. The zero-order valence-electron chi connectivity index (χ0n) is 12.0. The van der Waals surface area contributed by atoms with Crippen molar-refractivity contribution in [2.75, 3.05) is 14.2 Å². The Hall–Kier alpha value is -1.94. The lowest BCUT2D eigenvalue weighted by Gasteiger charge is -2.13. The van der Waals surface area contributed by atoms with E-state index in [1.54, 1.807) is 21.1 Å². The summed E-state index contributed by atoms with van der Waals surface area (Å²) in [5.74, 6) is 1.50. The van der Waals surface area contributed by atoms with E-state index in [9.17, 15) is 5.11 Å². The molecule has 0 unspecified atom stereocenters. The SMILES string of the molecule is COc1cc2c(cc1OC)-c1c(ccn1C[C@H](C)O)C2. The maximum Gasteiger partial charge on any atom is 0.161 e. The summed E-state index contributed by atoms with van der Waals surface area (Å²) in [5, 5.41) is 9.62. The molecular formula is C16H19NO3. The van der Waals surface area contributed by atoms with Gasteiger partial charge in [-0.05, 0) is 36.2 Å². The van der Waals surface area contributed by atoms with Crippen molar-refractivity contribution in [1.82, 2.24) is 4.57 Å². The topological polar surface area (TPSA) is 43.6 Å². The van der Waals surface area contributed by atoms with Crippen LogP contribution in [-0.2, 0) is 13.0 Å². The van der Waals surface area contributed by atoms with E-state index in [4.69, 9.17) is 9.47 Å². The second-order valence-electron chi connectivity index (χ2n) is 5.23. The standard InChI is InChI=1S/C16H19NO3/c1-10(18)9-17-5-4-11-6-12-7-14(19-2)15(20-3)8-13(12)16(11)17/h4-5,7-8,10,18H,6,9H2,1-3H3/t10-/m0/s1. The highest BCUT2D eigenvalue weighted by atomic mass is 16.5. The van der Waals surface area contributed by atoms with Crippen LogP contribution in [0, 0.1) is 0 Å². The summed E-state index contributed by atoms with van der Waals surface area (Å²) in [4.78, 5) is 0. The van der Waals surface area contributed by atoms with Crippen molar-refractivity contribution in [3.05, 3.63) is 35.5 Å². The van der Waals surface area contributed by atoms with Crippen LogP contribution in [0.1, 0.15) is 18.1 Å². The molecule has 4 heteroatoms. The first kappa shape index (κ1) is 13.1. The molecule has 106 valence electrons. The summed E-state index contributed by atoms with van der Waals surface area (Å²) < 4.78 is 12.9. The van der Waals surface area contributed by atoms with Gasteiger partial charge >= 0.3 is 0 Å². The van der Waals surface area contributed by atoms with Crippen LogP contribution in [0.4, 0.5) is 0 Å². The lowest BCUT2D eigenvalue weighted by Crippen LogP contribution is -2.11. The number of methoxy groups -OCH3 is 2. The van der Waals surface area contributed by atoms with Crippen LogP contribution < -0.4 is 9.47 Å². The van der Waals surface area contributed by atoms with Crippen molar-refractivity contribution in [3.8, 4) is 22.8 Å². The summed E-state index contributed by atoms with van der Waals surface area (Å²) in [7, 11) is 3.30. The van der Waals surface area contributed by atoms with Crippen LogP contribution in [0.25, 0.3) is 11.3 Å². The van der Waals surface area contributed by atoms with Gasteiger partial charge in [0.25, 0.3) is 0 Å². The molecule has 1 atom stereocenters. The van der Waals surface area contributed by atoms with E-state index in [1.165, 1.54) is 22.4 Å². The van der Waals surface area contributed by atoms with Crippen molar-refractivity contribution in [2.45, 2.75) is 26.0 Å². The molecule has 0 fully saturated rings. The third-order valence-electron chi connectivity index (χ3n) is 3.75. The summed E-state index contributed by atoms with van der Waals surface area (Å²) >= 11 is 0. The molecule has 0 bridgehead atoms. The van der Waals surface area contributed by atoms with Crippen LogP contribution in [0.2, 0.25) is 0 Å². The first-order chi connectivity index (χ1) is 9.63. The molecule has 2 aromatic rings. The molecular weight excluding hydrogens is 254 g/mol. The Morgan fingerprint density at radius 3 is 2.55 bits per heavy atom. The molecule has 0 saturated heterocycles. The molecule has 3 rings (SSSR count). The first-order valence-electron chi connectivity index (χ1n) is 6.75. The lowest BCUT2D eigenvalue weighted by molar-refractivity contribution is 0.174. The highest BCUT2D eigenvalue weighted by Crippen LogP contribution is 2.43. The summed E-state index contributed by atoms with van der Waals surface area (Å²) in [6.45, 7) is 2.40.